The number of nitrogens with one attached hydrogen (secondary N) is 2. The highest BCUT2D eigenvalue weighted by Crippen LogP contribution is 2.21. The molecule has 2 rings (SSSR count). The van der Waals surface area contributed by atoms with Crippen molar-refractivity contribution >= 4 is 17.3 Å². The van der Waals surface area contributed by atoms with Crippen molar-refractivity contribution in [3.8, 4) is 11.3 Å². The Kier molecular flexibility index (Phi) is 8.58. The fourth-order valence-electron chi connectivity index (χ4n) is 2.67. The molecule has 0 spiro atoms. The highest BCUT2D eigenvalue weighted by Gasteiger charge is 2.13. The van der Waals surface area contributed by atoms with Crippen LogP contribution in [0.3, 0.4) is 0 Å². The van der Waals surface area contributed by atoms with Gasteiger partial charge in [-0.05, 0) is 19.3 Å². The van der Waals surface area contributed by atoms with E-state index in [-0.39, 0.29) is 6.10 Å². The Morgan fingerprint density at radius 3 is 2.65 bits per heavy atom. The highest BCUT2D eigenvalue weighted by atomic mass is 32.1. The van der Waals surface area contributed by atoms with Crippen LogP contribution in [0.2, 0.25) is 0 Å². The van der Waals surface area contributed by atoms with Gasteiger partial charge >= 0.3 is 0 Å². The van der Waals surface area contributed by atoms with E-state index < -0.39 is 0 Å². The Bertz CT molecular complexity index is 669. The zero-order valence-electron chi connectivity index (χ0n) is 16.2. The average molecular weight is 375 g/mol. The molecule has 26 heavy (non-hydrogen) atoms. The van der Waals surface area contributed by atoms with Gasteiger partial charge in [-0.15, -0.1) is 11.3 Å². The quantitative estimate of drug-likeness (QED) is 0.516. The van der Waals surface area contributed by atoms with E-state index in [1.807, 2.05) is 25.1 Å². The van der Waals surface area contributed by atoms with Gasteiger partial charge in [-0.3, -0.25) is 4.99 Å². The van der Waals surface area contributed by atoms with Gasteiger partial charge in [0.25, 0.3) is 0 Å². The van der Waals surface area contributed by atoms with Crippen LogP contribution in [0.4, 0.5) is 0 Å². The molecule has 0 aliphatic rings. The summed E-state index contributed by atoms with van der Waals surface area (Å²) in [7, 11) is 1.79. The van der Waals surface area contributed by atoms with Gasteiger partial charge < -0.3 is 15.4 Å². The van der Waals surface area contributed by atoms with Gasteiger partial charge in [0, 0.05) is 31.1 Å². The van der Waals surface area contributed by atoms with E-state index in [0.29, 0.717) is 12.5 Å². The third-order valence-corrected chi connectivity index (χ3v) is 4.95. The van der Waals surface area contributed by atoms with E-state index in [2.05, 4.69) is 47.0 Å². The van der Waals surface area contributed by atoms with Crippen LogP contribution >= 0.6 is 11.3 Å². The Hall–Kier alpha value is -1.92. The summed E-state index contributed by atoms with van der Waals surface area (Å²) in [6.45, 7) is 8.68. The number of guanidine groups is 1. The molecule has 6 heteroatoms. The SMILES string of the molecule is CCOC(CCNC(=NC)NCc1nc(-c2ccccc2)cs1)C(C)C. The molecule has 1 heterocycles. The second-order valence-electron chi connectivity index (χ2n) is 6.37. The number of aromatic nitrogens is 1. The first kappa shape index (κ1) is 20.4. The monoisotopic (exact) mass is 374 g/mol. The molecule has 1 aromatic carbocycles. The molecule has 142 valence electrons. The predicted octanol–water partition coefficient (Wildman–Crippen LogP) is 3.93. The number of hydrogen-bond acceptors (Lipinski definition) is 4. The summed E-state index contributed by atoms with van der Waals surface area (Å²) in [6, 6.07) is 10.2. The summed E-state index contributed by atoms with van der Waals surface area (Å²) in [5.74, 6) is 1.30. The van der Waals surface area contributed by atoms with Crippen LogP contribution in [0.1, 0.15) is 32.2 Å². The fourth-order valence-corrected chi connectivity index (χ4v) is 3.41. The van der Waals surface area contributed by atoms with E-state index in [9.17, 15) is 0 Å². The highest BCUT2D eigenvalue weighted by molar-refractivity contribution is 7.09. The summed E-state index contributed by atoms with van der Waals surface area (Å²) in [4.78, 5) is 8.98. The molecule has 1 aromatic heterocycles. The predicted molar refractivity (Wildman–Crippen MR) is 111 cm³/mol. The minimum absolute atomic E-state index is 0.276. The molecule has 0 aliphatic carbocycles. The Morgan fingerprint density at radius 1 is 1.23 bits per heavy atom. The zero-order chi connectivity index (χ0) is 18.8. The molecule has 0 bridgehead atoms. The number of thiazole rings is 1. The lowest BCUT2D eigenvalue weighted by Crippen LogP contribution is -2.38. The lowest BCUT2D eigenvalue weighted by atomic mass is 10.0. The first-order valence-corrected chi connectivity index (χ1v) is 10.1. The van der Waals surface area contributed by atoms with Gasteiger partial charge in [-0.2, -0.15) is 0 Å². The summed E-state index contributed by atoms with van der Waals surface area (Å²) in [5.41, 5.74) is 2.17. The van der Waals surface area contributed by atoms with Gasteiger partial charge in [0.1, 0.15) is 5.01 Å². The van der Waals surface area contributed by atoms with Crippen LogP contribution in [0.5, 0.6) is 0 Å². The van der Waals surface area contributed by atoms with Crippen LogP contribution < -0.4 is 10.6 Å². The van der Waals surface area contributed by atoms with Gasteiger partial charge in [0.2, 0.25) is 0 Å². The van der Waals surface area contributed by atoms with Crippen LogP contribution in [0.15, 0.2) is 40.7 Å². The lowest BCUT2D eigenvalue weighted by Gasteiger charge is -2.21. The number of benzene rings is 1. The van der Waals surface area contributed by atoms with Crippen LogP contribution in [0, 0.1) is 5.92 Å². The van der Waals surface area contributed by atoms with E-state index >= 15 is 0 Å². The van der Waals surface area contributed by atoms with Crippen molar-refractivity contribution in [1.82, 2.24) is 15.6 Å². The van der Waals surface area contributed by atoms with E-state index in [1.165, 1.54) is 0 Å². The number of ether oxygens (including phenoxy) is 1. The van der Waals surface area contributed by atoms with Crippen molar-refractivity contribution in [3.63, 3.8) is 0 Å². The number of hydrogen-bond donors (Lipinski definition) is 2. The lowest BCUT2D eigenvalue weighted by molar-refractivity contribution is 0.0258. The Morgan fingerprint density at radius 2 is 2.00 bits per heavy atom. The topological polar surface area (TPSA) is 58.5 Å². The maximum absolute atomic E-state index is 5.78. The zero-order valence-corrected chi connectivity index (χ0v) is 17.0. The van der Waals surface area contributed by atoms with E-state index in [0.717, 1.165) is 41.8 Å². The van der Waals surface area contributed by atoms with Crippen molar-refractivity contribution < 1.29 is 4.74 Å². The number of aliphatic imine (C=N–C) groups is 1. The third-order valence-electron chi connectivity index (χ3n) is 4.10. The maximum atomic E-state index is 5.78. The molecule has 5 nitrogen and oxygen atoms in total. The Balaban J connectivity index is 1.79. The molecule has 1 atom stereocenters. The first-order valence-electron chi connectivity index (χ1n) is 9.20. The van der Waals surface area contributed by atoms with E-state index in [4.69, 9.17) is 9.72 Å². The molecular formula is C20H30N4OS. The van der Waals surface area contributed by atoms with E-state index in [1.54, 1.807) is 18.4 Å². The van der Waals surface area contributed by atoms with Crippen LogP contribution in [-0.4, -0.2) is 37.2 Å². The molecule has 0 radical (unpaired) electrons. The summed E-state index contributed by atoms with van der Waals surface area (Å²) >= 11 is 1.66. The molecular weight excluding hydrogens is 344 g/mol. The van der Waals surface area contributed by atoms with Crippen molar-refractivity contribution in [1.29, 1.82) is 0 Å². The number of rotatable bonds is 9. The molecule has 0 saturated carbocycles. The minimum atomic E-state index is 0.276. The molecule has 2 N–H and O–H groups in total. The summed E-state index contributed by atoms with van der Waals surface area (Å²) in [5, 5.41) is 9.83. The number of nitrogens with zero attached hydrogens (tertiary/aromatic N) is 2. The maximum Gasteiger partial charge on any atom is 0.191 e. The molecule has 2 aromatic rings. The molecule has 1 unspecified atom stereocenters. The molecule has 0 aliphatic heterocycles. The second kappa shape index (κ2) is 10.9. The van der Waals surface area contributed by atoms with Crippen LogP contribution in [-0.2, 0) is 11.3 Å². The molecule has 0 saturated heterocycles. The smallest absolute Gasteiger partial charge is 0.191 e. The van der Waals surface area contributed by atoms with Crippen molar-refractivity contribution in [2.75, 3.05) is 20.2 Å². The summed E-state index contributed by atoms with van der Waals surface area (Å²) in [6.07, 6.45) is 1.24. The average Bonchev–Trinajstić information content (AvgIpc) is 3.13. The van der Waals surface area contributed by atoms with Crippen molar-refractivity contribution in [3.05, 3.63) is 40.7 Å². The standard InChI is InChI=1S/C20H30N4OS/c1-5-25-18(15(2)3)11-12-22-20(21-4)23-13-19-24-17(14-26-19)16-9-7-6-8-10-16/h6-10,14-15,18H,5,11-13H2,1-4H3,(H2,21,22,23). The fraction of sp³-hybridized carbons (Fsp3) is 0.500. The van der Waals surface area contributed by atoms with Crippen molar-refractivity contribution in [2.24, 2.45) is 10.9 Å². The second-order valence-corrected chi connectivity index (χ2v) is 7.31. The van der Waals surface area contributed by atoms with Gasteiger partial charge in [-0.25, -0.2) is 4.98 Å². The first-order chi connectivity index (χ1) is 12.6. The minimum Gasteiger partial charge on any atom is -0.378 e. The third kappa shape index (κ3) is 6.42. The molecule has 0 amide bonds. The normalized spacial score (nSPS) is 13.0. The van der Waals surface area contributed by atoms with Gasteiger partial charge in [-0.1, -0.05) is 44.2 Å². The van der Waals surface area contributed by atoms with Gasteiger partial charge in [0.15, 0.2) is 5.96 Å². The molecule has 0 fully saturated rings. The Labute approximate surface area is 160 Å². The largest absolute Gasteiger partial charge is 0.378 e. The van der Waals surface area contributed by atoms with Gasteiger partial charge in [0.05, 0.1) is 18.3 Å². The van der Waals surface area contributed by atoms with Crippen molar-refractivity contribution in [2.45, 2.75) is 39.8 Å². The summed E-state index contributed by atoms with van der Waals surface area (Å²) < 4.78 is 5.78. The van der Waals surface area contributed by atoms with Crippen LogP contribution in [0.25, 0.3) is 11.3 Å².